The molecule has 0 fully saturated rings. The molecule has 3 atom stereocenters. The molecule has 2 rings (SSSR count). The Hall–Kier alpha value is -0.670. The van der Waals surface area contributed by atoms with Gasteiger partial charge in [0.1, 0.15) is 0 Å². The van der Waals surface area contributed by atoms with Gasteiger partial charge in [0.05, 0.1) is 0 Å². The molecule has 1 N–H and O–H groups in total. The number of hydrogen-bond acceptors (Lipinski definition) is 2. The topological polar surface area (TPSA) is 29.1 Å². The van der Waals surface area contributed by atoms with Crippen molar-refractivity contribution in [2.45, 2.75) is 19.4 Å². The zero-order valence-corrected chi connectivity index (χ0v) is 10.7. The molecule has 0 saturated heterocycles. The van der Waals surface area contributed by atoms with Crippen LogP contribution in [0.4, 0.5) is 0 Å². The Kier molecular flexibility index (Phi) is 3.77. The van der Waals surface area contributed by atoms with E-state index in [1.807, 2.05) is 0 Å². The highest BCUT2D eigenvalue weighted by Gasteiger charge is 2.28. The molecule has 0 amide bonds. The van der Waals surface area contributed by atoms with E-state index >= 15 is 0 Å². The quantitative estimate of drug-likeness (QED) is 0.866. The van der Waals surface area contributed by atoms with Gasteiger partial charge in [-0.25, -0.2) is 0 Å². The van der Waals surface area contributed by atoms with Crippen molar-refractivity contribution in [3.05, 3.63) is 35.4 Å². The number of benzene rings is 1. The predicted octanol–water partition coefficient (Wildman–Crippen LogP) is 1.89. The molecule has 0 bridgehead atoms. The maximum absolute atomic E-state index is 11.0. The van der Waals surface area contributed by atoms with Crippen molar-refractivity contribution in [1.82, 2.24) is 5.32 Å². The molecule has 2 nitrogen and oxygen atoms in total. The molecule has 3 heteroatoms. The van der Waals surface area contributed by atoms with E-state index in [-0.39, 0.29) is 0 Å². The first-order valence-corrected chi connectivity index (χ1v) is 7.52. The third kappa shape index (κ3) is 2.53. The third-order valence-electron chi connectivity index (χ3n) is 3.25. The van der Waals surface area contributed by atoms with Crippen LogP contribution in [0.2, 0.25) is 0 Å². The highest BCUT2D eigenvalue weighted by molar-refractivity contribution is 7.84. The maximum atomic E-state index is 11.0. The average molecular weight is 237 g/mol. The minimum atomic E-state index is -0.697. The van der Waals surface area contributed by atoms with Gasteiger partial charge in [0.15, 0.2) is 0 Å². The van der Waals surface area contributed by atoms with Crippen molar-refractivity contribution in [3.63, 3.8) is 0 Å². The Morgan fingerprint density at radius 1 is 1.44 bits per heavy atom. The van der Waals surface area contributed by atoms with Crippen molar-refractivity contribution in [2.75, 3.05) is 18.6 Å². The highest BCUT2D eigenvalue weighted by atomic mass is 32.2. The summed E-state index contributed by atoms with van der Waals surface area (Å²) in [5.41, 5.74) is 2.89. The van der Waals surface area contributed by atoms with Crippen molar-refractivity contribution in [1.29, 1.82) is 0 Å². The predicted molar refractivity (Wildman–Crippen MR) is 69.0 cm³/mol. The fraction of sp³-hybridized carbons (Fsp3) is 0.538. The molecule has 0 heterocycles. The molecule has 0 aliphatic heterocycles. The molecule has 0 spiro atoms. The van der Waals surface area contributed by atoms with Crippen molar-refractivity contribution >= 4 is 10.8 Å². The summed E-state index contributed by atoms with van der Waals surface area (Å²) < 4.78 is 11.0. The molecule has 16 heavy (non-hydrogen) atoms. The average Bonchev–Trinajstić information content (AvgIpc) is 2.55. The molecule has 0 saturated carbocycles. The first-order valence-electron chi connectivity index (χ1n) is 5.79. The summed E-state index contributed by atoms with van der Waals surface area (Å²) in [6.07, 6.45) is 2.91. The fourth-order valence-corrected chi connectivity index (χ4v) is 2.87. The fourth-order valence-electron chi connectivity index (χ4n) is 2.46. The summed E-state index contributed by atoms with van der Waals surface area (Å²) in [5.74, 6) is 1.38. The summed E-state index contributed by atoms with van der Waals surface area (Å²) in [6, 6.07) is 9.07. The molecule has 1 aliphatic carbocycles. The van der Waals surface area contributed by atoms with Gasteiger partial charge < -0.3 is 5.32 Å². The van der Waals surface area contributed by atoms with Crippen LogP contribution in [-0.4, -0.2) is 22.8 Å². The Morgan fingerprint density at radius 3 is 2.94 bits per heavy atom. The molecule has 1 aromatic rings. The first kappa shape index (κ1) is 11.8. The van der Waals surface area contributed by atoms with Crippen LogP contribution in [0.25, 0.3) is 0 Å². The van der Waals surface area contributed by atoms with Gasteiger partial charge in [-0.1, -0.05) is 31.2 Å². The Labute approximate surface area is 99.9 Å². The van der Waals surface area contributed by atoms with E-state index in [1.165, 1.54) is 11.1 Å². The van der Waals surface area contributed by atoms with Crippen molar-refractivity contribution in [2.24, 2.45) is 5.92 Å². The van der Waals surface area contributed by atoms with Gasteiger partial charge in [-0.3, -0.25) is 4.21 Å². The summed E-state index contributed by atoms with van der Waals surface area (Å²) in [7, 11) is -0.697. The lowest BCUT2D eigenvalue weighted by atomic mass is 10.0. The number of fused-ring (bicyclic) bond motifs is 1. The third-order valence-corrected chi connectivity index (χ3v) is 4.03. The minimum Gasteiger partial charge on any atom is -0.309 e. The van der Waals surface area contributed by atoms with Crippen molar-refractivity contribution in [3.8, 4) is 0 Å². The van der Waals surface area contributed by atoms with Crippen molar-refractivity contribution < 1.29 is 4.21 Å². The largest absolute Gasteiger partial charge is 0.309 e. The lowest BCUT2D eigenvalue weighted by Gasteiger charge is -2.18. The van der Waals surface area contributed by atoms with Gasteiger partial charge >= 0.3 is 0 Å². The van der Waals surface area contributed by atoms with Gasteiger partial charge in [-0.2, -0.15) is 0 Å². The van der Waals surface area contributed by atoms with E-state index in [0.29, 0.717) is 12.0 Å². The maximum Gasteiger partial charge on any atom is 0.0357 e. The van der Waals surface area contributed by atoms with Crippen LogP contribution < -0.4 is 5.32 Å². The normalized spacial score (nSPS) is 25.4. The zero-order valence-electron chi connectivity index (χ0n) is 9.90. The Balaban J connectivity index is 2.02. The molecular formula is C13H19NOS. The van der Waals surface area contributed by atoms with Gasteiger partial charge in [-0.05, 0) is 23.5 Å². The van der Waals surface area contributed by atoms with E-state index in [9.17, 15) is 4.21 Å². The van der Waals surface area contributed by atoms with Crippen LogP contribution in [0.15, 0.2) is 24.3 Å². The van der Waals surface area contributed by atoms with Crippen LogP contribution in [0.1, 0.15) is 24.1 Å². The molecule has 0 aromatic heterocycles. The lowest BCUT2D eigenvalue weighted by Crippen LogP contribution is -2.27. The molecule has 1 aliphatic rings. The lowest BCUT2D eigenvalue weighted by molar-refractivity contribution is 0.427. The summed E-state index contributed by atoms with van der Waals surface area (Å²) in [5, 5.41) is 3.53. The van der Waals surface area contributed by atoms with Gasteiger partial charge in [0.2, 0.25) is 0 Å². The summed E-state index contributed by atoms with van der Waals surface area (Å²) in [4.78, 5) is 0. The van der Waals surface area contributed by atoms with E-state index in [4.69, 9.17) is 0 Å². The molecule has 0 radical (unpaired) electrons. The second-order valence-corrected chi connectivity index (χ2v) is 6.14. The Morgan fingerprint density at radius 2 is 2.19 bits per heavy atom. The summed E-state index contributed by atoms with van der Waals surface area (Å²) in [6.45, 7) is 3.12. The van der Waals surface area contributed by atoms with Crippen LogP contribution in [0.5, 0.6) is 0 Å². The van der Waals surface area contributed by atoms with E-state index < -0.39 is 10.8 Å². The molecule has 1 aromatic carbocycles. The van der Waals surface area contributed by atoms with Gasteiger partial charge in [0.25, 0.3) is 0 Å². The van der Waals surface area contributed by atoms with Crippen LogP contribution in [0.3, 0.4) is 0 Å². The van der Waals surface area contributed by atoms with Crippen LogP contribution >= 0.6 is 0 Å². The second kappa shape index (κ2) is 5.11. The molecular weight excluding hydrogens is 218 g/mol. The van der Waals surface area contributed by atoms with E-state index in [1.54, 1.807) is 6.26 Å². The van der Waals surface area contributed by atoms with Crippen LogP contribution in [0, 0.1) is 5.92 Å². The molecule has 88 valence electrons. The summed E-state index contributed by atoms with van der Waals surface area (Å²) >= 11 is 0. The number of rotatable bonds is 4. The number of hydrogen-bond donors (Lipinski definition) is 1. The number of nitrogens with one attached hydrogen (secondary N) is 1. The Bertz CT molecular complexity index is 391. The first-order chi connectivity index (χ1) is 7.68. The van der Waals surface area contributed by atoms with E-state index in [0.717, 1.165) is 18.7 Å². The second-order valence-electron chi connectivity index (χ2n) is 4.59. The molecule has 3 unspecified atom stereocenters. The van der Waals surface area contributed by atoms with E-state index in [2.05, 4.69) is 36.5 Å². The zero-order chi connectivity index (χ0) is 11.5. The smallest absolute Gasteiger partial charge is 0.0357 e. The van der Waals surface area contributed by atoms with Gasteiger partial charge in [-0.15, -0.1) is 0 Å². The SMILES string of the molecule is CC1Cc2ccccc2C1NCCS(C)=O. The standard InChI is InChI=1S/C13H19NOS/c1-10-9-11-5-3-4-6-12(11)13(10)14-7-8-16(2)15/h3-6,10,13-14H,7-9H2,1-2H3. The monoisotopic (exact) mass is 237 g/mol. The minimum absolute atomic E-state index is 0.444. The van der Waals surface area contributed by atoms with Gasteiger partial charge in [0, 0.05) is 35.4 Å². The van der Waals surface area contributed by atoms with Crippen LogP contribution in [-0.2, 0) is 17.2 Å². The highest BCUT2D eigenvalue weighted by Crippen LogP contribution is 2.35.